The highest BCUT2D eigenvalue weighted by atomic mass is 32.1. The molecule has 98 valence electrons. The van der Waals surface area contributed by atoms with Gasteiger partial charge in [-0.05, 0) is 12.3 Å². The van der Waals surface area contributed by atoms with Gasteiger partial charge in [-0.2, -0.15) is 0 Å². The van der Waals surface area contributed by atoms with Gasteiger partial charge in [0.1, 0.15) is 0 Å². The summed E-state index contributed by atoms with van der Waals surface area (Å²) in [5, 5.41) is 3.41. The molecule has 0 amide bonds. The minimum atomic E-state index is 0. The molecule has 4 heteroatoms. The van der Waals surface area contributed by atoms with Gasteiger partial charge in [-0.3, -0.25) is 0 Å². The van der Waals surface area contributed by atoms with E-state index >= 15 is 0 Å². The Morgan fingerprint density at radius 2 is 1.82 bits per heavy atom. The first-order valence-corrected chi connectivity index (χ1v) is 7.01. The van der Waals surface area contributed by atoms with Crippen LogP contribution in [-0.2, 0) is 0 Å². The molecule has 0 aromatic heterocycles. The van der Waals surface area contributed by atoms with Crippen LogP contribution in [0.5, 0.6) is 0 Å². The van der Waals surface area contributed by atoms with Crippen LogP contribution >= 0.6 is 24.4 Å². The van der Waals surface area contributed by atoms with Crippen molar-refractivity contribution >= 4 is 35.8 Å². The lowest BCUT2D eigenvalue weighted by atomic mass is 10.1. The van der Waals surface area contributed by atoms with E-state index in [4.69, 9.17) is 24.4 Å². The molecule has 1 N–H and O–H groups in total. The van der Waals surface area contributed by atoms with Gasteiger partial charge in [0.05, 0.1) is 20.4 Å². The summed E-state index contributed by atoms with van der Waals surface area (Å²) in [7, 11) is 4.01. The topological polar surface area (TPSA) is 15.3 Å². The third kappa shape index (κ3) is 3.75. The summed E-state index contributed by atoms with van der Waals surface area (Å²) in [5.74, 6) is 0.795. The Balaban J connectivity index is 0.00000289. The van der Waals surface area contributed by atoms with E-state index in [2.05, 4.69) is 19.2 Å². The van der Waals surface area contributed by atoms with Crippen LogP contribution in [0.1, 0.15) is 34.5 Å². The van der Waals surface area contributed by atoms with Crippen LogP contribution in [0.4, 0.5) is 11.4 Å². The molecule has 1 aromatic carbocycles. The SMILES string of the molecule is CC(C)CCCCNc1c(N(C)C)c(=S)c1=S.[HH]. The fourth-order valence-electron chi connectivity index (χ4n) is 1.86. The zero-order valence-electron chi connectivity index (χ0n) is 11.2. The Hall–Kier alpha value is -0.480. The number of unbranched alkanes of at least 4 members (excludes halogenated alkanes) is 1. The van der Waals surface area contributed by atoms with Gasteiger partial charge in [-0.15, -0.1) is 0 Å². The van der Waals surface area contributed by atoms with Crippen molar-refractivity contribution < 1.29 is 1.43 Å². The first-order valence-electron chi connectivity index (χ1n) is 6.19. The van der Waals surface area contributed by atoms with Crippen LogP contribution in [0.15, 0.2) is 0 Å². The summed E-state index contributed by atoms with van der Waals surface area (Å²) in [4.78, 5) is 2.04. The van der Waals surface area contributed by atoms with Gasteiger partial charge in [-0.1, -0.05) is 51.1 Å². The third-order valence-corrected chi connectivity index (χ3v) is 3.78. The van der Waals surface area contributed by atoms with Crippen LogP contribution in [0, 0.1) is 14.9 Å². The van der Waals surface area contributed by atoms with Crippen LogP contribution in [0.25, 0.3) is 0 Å². The zero-order valence-corrected chi connectivity index (χ0v) is 12.8. The van der Waals surface area contributed by atoms with Crippen molar-refractivity contribution in [3.63, 3.8) is 0 Å². The van der Waals surface area contributed by atoms with Crippen LogP contribution < -0.4 is 10.2 Å². The van der Waals surface area contributed by atoms with Crippen LogP contribution in [-0.4, -0.2) is 20.6 Å². The zero-order chi connectivity index (χ0) is 13.0. The van der Waals surface area contributed by atoms with Gasteiger partial charge >= 0.3 is 0 Å². The molecule has 0 unspecified atom stereocenters. The highest BCUT2D eigenvalue weighted by Crippen LogP contribution is 2.34. The van der Waals surface area contributed by atoms with Crippen LogP contribution in [0.2, 0.25) is 0 Å². The number of anilines is 2. The predicted molar refractivity (Wildman–Crippen MR) is 84.1 cm³/mol. The maximum Gasteiger partial charge on any atom is 0.0834 e. The molecular weight excluding hydrogens is 248 g/mol. The van der Waals surface area contributed by atoms with E-state index in [-0.39, 0.29) is 1.43 Å². The largest absolute Gasteiger partial charge is 0.382 e. The van der Waals surface area contributed by atoms with Gasteiger partial charge in [0.2, 0.25) is 0 Å². The van der Waals surface area contributed by atoms with E-state index in [9.17, 15) is 0 Å². The monoisotopic (exact) mass is 272 g/mol. The maximum atomic E-state index is 5.26. The summed E-state index contributed by atoms with van der Waals surface area (Å²) < 4.78 is 1.65. The third-order valence-electron chi connectivity index (χ3n) is 2.84. The molecule has 1 aromatic rings. The highest BCUT2D eigenvalue weighted by molar-refractivity contribution is 7.74. The normalized spacial score (nSPS) is 11.1. The van der Waals surface area contributed by atoms with Crippen molar-refractivity contribution in [2.75, 3.05) is 30.9 Å². The average molecular weight is 272 g/mol. The summed E-state index contributed by atoms with van der Waals surface area (Å²) in [6.07, 6.45) is 3.76. The predicted octanol–water partition coefficient (Wildman–Crippen LogP) is 4.57. The molecule has 0 spiro atoms. The molecule has 0 saturated carbocycles. The molecule has 0 aliphatic heterocycles. The number of rotatable bonds is 7. The second-order valence-corrected chi connectivity index (χ2v) is 5.91. The van der Waals surface area contributed by atoms with Crippen molar-refractivity contribution in [3.8, 4) is 0 Å². The van der Waals surface area contributed by atoms with Crippen molar-refractivity contribution in [1.82, 2.24) is 0 Å². The lowest BCUT2D eigenvalue weighted by Gasteiger charge is -2.22. The van der Waals surface area contributed by atoms with Crippen molar-refractivity contribution in [3.05, 3.63) is 9.02 Å². The molecule has 0 fully saturated rings. The molecule has 1 rings (SSSR count). The Bertz CT molecular complexity index is 434. The van der Waals surface area contributed by atoms with E-state index in [1.165, 1.54) is 19.3 Å². The van der Waals surface area contributed by atoms with Crippen LogP contribution in [0.3, 0.4) is 0 Å². The van der Waals surface area contributed by atoms with Gasteiger partial charge < -0.3 is 10.2 Å². The number of hydrogen-bond acceptors (Lipinski definition) is 4. The number of nitrogens with zero attached hydrogens (tertiary/aromatic N) is 1. The quantitative estimate of drug-likeness (QED) is 0.577. The van der Waals surface area contributed by atoms with Crippen molar-refractivity contribution in [1.29, 1.82) is 0 Å². The van der Waals surface area contributed by atoms with Gasteiger partial charge in [0.15, 0.2) is 0 Å². The first kappa shape index (κ1) is 14.6. The van der Waals surface area contributed by atoms with E-state index in [1.54, 1.807) is 0 Å². The highest BCUT2D eigenvalue weighted by Gasteiger charge is 2.15. The molecule has 0 aliphatic rings. The average Bonchev–Trinajstić information content (AvgIpc) is 2.25. The lowest BCUT2D eigenvalue weighted by Crippen LogP contribution is -2.16. The molecule has 0 atom stereocenters. The standard InChI is InChI=1S/C13H22N2S2.H2/c1-9(2)7-5-6-8-14-10-11(15(3)4)13(17)12(10)16;/h9,14H,5-8H2,1-4H3;1H. The Labute approximate surface area is 116 Å². The Kier molecular flexibility index (Phi) is 5.53. The van der Waals surface area contributed by atoms with Crippen molar-refractivity contribution in [2.24, 2.45) is 5.92 Å². The van der Waals surface area contributed by atoms with E-state index in [1.807, 2.05) is 19.0 Å². The van der Waals surface area contributed by atoms with Gasteiger partial charge in [0.25, 0.3) is 0 Å². The summed E-state index contributed by atoms with van der Waals surface area (Å²) >= 11 is 10.5. The smallest absolute Gasteiger partial charge is 0.0834 e. The fourth-order valence-corrected chi connectivity index (χ4v) is 2.51. The fraction of sp³-hybridized carbons (Fsp3) is 0.692. The minimum Gasteiger partial charge on any atom is -0.382 e. The Morgan fingerprint density at radius 1 is 1.18 bits per heavy atom. The Morgan fingerprint density at radius 3 is 2.35 bits per heavy atom. The molecule has 0 saturated heterocycles. The van der Waals surface area contributed by atoms with E-state index < -0.39 is 0 Å². The molecule has 17 heavy (non-hydrogen) atoms. The van der Waals surface area contributed by atoms with E-state index in [0.29, 0.717) is 0 Å². The maximum absolute atomic E-state index is 5.26. The van der Waals surface area contributed by atoms with E-state index in [0.717, 1.165) is 32.9 Å². The minimum absolute atomic E-state index is 0. The second kappa shape index (κ2) is 6.45. The molecule has 0 radical (unpaired) electrons. The number of hydrogen-bond donors (Lipinski definition) is 1. The molecule has 0 heterocycles. The summed E-state index contributed by atoms with van der Waals surface area (Å²) in [6.45, 7) is 5.52. The molecule has 0 bridgehead atoms. The van der Waals surface area contributed by atoms with Crippen molar-refractivity contribution in [2.45, 2.75) is 33.1 Å². The van der Waals surface area contributed by atoms with Gasteiger partial charge in [0, 0.05) is 22.1 Å². The lowest BCUT2D eigenvalue weighted by molar-refractivity contribution is 0.545. The second-order valence-electron chi connectivity index (χ2n) is 5.09. The summed E-state index contributed by atoms with van der Waals surface area (Å²) in [6, 6.07) is 0. The first-order chi connectivity index (χ1) is 7.95. The number of nitrogens with one attached hydrogen (secondary N) is 1. The molecule has 0 aliphatic carbocycles. The summed E-state index contributed by atoms with van der Waals surface area (Å²) in [5.41, 5.74) is 2.16. The molecule has 2 nitrogen and oxygen atoms in total. The molecular formula is C13H24N2S2. The van der Waals surface area contributed by atoms with Gasteiger partial charge in [-0.25, -0.2) is 0 Å².